The van der Waals surface area contributed by atoms with Crippen molar-refractivity contribution in [3.8, 4) is 0 Å². The summed E-state index contributed by atoms with van der Waals surface area (Å²) in [6.45, 7) is 0.841. The van der Waals surface area contributed by atoms with Gasteiger partial charge in [0.2, 0.25) is 0 Å². The predicted molar refractivity (Wildman–Crippen MR) is 57.6 cm³/mol. The second kappa shape index (κ2) is 4.87. The topological polar surface area (TPSA) is 34.4 Å². The number of likely N-dealkylation sites (N-methyl/N-ethyl adjacent to an activating group) is 1. The van der Waals surface area contributed by atoms with E-state index >= 15 is 0 Å². The lowest BCUT2D eigenvalue weighted by Gasteiger charge is -2.28. The summed E-state index contributed by atoms with van der Waals surface area (Å²) in [5, 5.41) is 3.24. The van der Waals surface area contributed by atoms with Crippen LogP contribution in [0.3, 0.4) is 0 Å². The highest BCUT2D eigenvalue weighted by Crippen LogP contribution is 2.25. The molecule has 78 valence electrons. The second-order valence-corrected chi connectivity index (χ2v) is 4.42. The molecule has 1 aromatic heterocycles. The maximum Gasteiger partial charge on any atom is 0.123 e. The summed E-state index contributed by atoms with van der Waals surface area (Å²) in [4.78, 5) is 0. The van der Waals surface area contributed by atoms with Gasteiger partial charge in [0.25, 0.3) is 0 Å². The Morgan fingerprint density at radius 1 is 1.64 bits per heavy atom. The molecule has 0 saturated carbocycles. The normalized spacial score (nSPS) is 24.8. The molecule has 0 aliphatic carbocycles. The summed E-state index contributed by atoms with van der Waals surface area (Å²) in [5.41, 5.74) is 0. The van der Waals surface area contributed by atoms with Gasteiger partial charge in [0.15, 0.2) is 0 Å². The smallest absolute Gasteiger partial charge is 0.123 e. The molecule has 0 aromatic carbocycles. The van der Waals surface area contributed by atoms with E-state index < -0.39 is 0 Å². The Morgan fingerprint density at radius 3 is 3.14 bits per heavy atom. The number of furan rings is 1. The van der Waals surface area contributed by atoms with E-state index in [1.54, 1.807) is 6.26 Å². The van der Waals surface area contributed by atoms with Crippen LogP contribution in [-0.4, -0.2) is 31.3 Å². The highest BCUT2D eigenvalue weighted by atomic mass is 32.2. The number of ether oxygens (including phenoxy) is 1. The van der Waals surface area contributed by atoms with Crippen LogP contribution in [0.2, 0.25) is 0 Å². The van der Waals surface area contributed by atoms with Crippen LogP contribution in [0.15, 0.2) is 22.8 Å². The fraction of sp³-hybridized carbons (Fsp3) is 0.600. The van der Waals surface area contributed by atoms with Gasteiger partial charge in [-0.15, -0.1) is 0 Å². The molecule has 0 radical (unpaired) electrons. The Kier molecular flexibility index (Phi) is 3.50. The Bertz CT molecular complexity index is 257. The number of hydrogen-bond donors (Lipinski definition) is 1. The van der Waals surface area contributed by atoms with E-state index in [0.717, 1.165) is 23.9 Å². The molecule has 2 atom stereocenters. The third-order valence-corrected chi connectivity index (χ3v) is 3.39. The van der Waals surface area contributed by atoms with Crippen molar-refractivity contribution in [1.29, 1.82) is 0 Å². The Balaban J connectivity index is 2.04. The predicted octanol–water partition coefficient (Wildman–Crippen LogP) is 1.67. The van der Waals surface area contributed by atoms with E-state index in [-0.39, 0.29) is 12.1 Å². The molecule has 1 aromatic rings. The van der Waals surface area contributed by atoms with Crippen LogP contribution in [0.5, 0.6) is 0 Å². The molecule has 4 heteroatoms. The zero-order valence-corrected chi connectivity index (χ0v) is 9.05. The molecule has 1 aliphatic heterocycles. The first-order valence-electron chi connectivity index (χ1n) is 4.82. The lowest BCUT2D eigenvalue weighted by atomic mass is 10.1. The molecule has 14 heavy (non-hydrogen) atoms. The minimum Gasteiger partial charge on any atom is -0.468 e. The average Bonchev–Trinajstić information content (AvgIpc) is 2.74. The standard InChI is InChI=1S/C10H15NO2S/c1-11-10(8-3-2-4-12-8)9-7-14-6-5-13-9/h2-4,9-11H,5-7H2,1H3. The van der Waals surface area contributed by atoms with Gasteiger partial charge in [0.1, 0.15) is 5.76 Å². The molecule has 2 heterocycles. The first-order chi connectivity index (χ1) is 6.92. The van der Waals surface area contributed by atoms with Crippen LogP contribution < -0.4 is 5.32 Å². The first-order valence-corrected chi connectivity index (χ1v) is 5.97. The minimum absolute atomic E-state index is 0.179. The molecule has 2 unspecified atom stereocenters. The summed E-state index contributed by atoms with van der Waals surface area (Å²) in [7, 11) is 1.94. The summed E-state index contributed by atoms with van der Waals surface area (Å²) in [5.74, 6) is 3.09. The van der Waals surface area contributed by atoms with Crippen LogP contribution in [0, 0.1) is 0 Å². The van der Waals surface area contributed by atoms with Gasteiger partial charge < -0.3 is 14.5 Å². The van der Waals surface area contributed by atoms with Gasteiger partial charge in [-0.3, -0.25) is 0 Å². The summed E-state index contributed by atoms with van der Waals surface area (Å²) >= 11 is 1.94. The van der Waals surface area contributed by atoms with Gasteiger partial charge in [0.05, 0.1) is 25.0 Å². The van der Waals surface area contributed by atoms with Crippen molar-refractivity contribution in [1.82, 2.24) is 5.32 Å². The quantitative estimate of drug-likeness (QED) is 0.828. The van der Waals surface area contributed by atoms with Crippen LogP contribution in [-0.2, 0) is 4.74 Å². The van der Waals surface area contributed by atoms with E-state index in [1.165, 1.54) is 0 Å². The highest BCUT2D eigenvalue weighted by molar-refractivity contribution is 7.99. The maximum atomic E-state index is 5.71. The van der Waals surface area contributed by atoms with Gasteiger partial charge in [-0.1, -0.05) is 0 Å². The van der Waals surface area contributed by atoms with Crippen molar-refractivity contribution in [2.75, 3.05) is 25.2 Å². The summed E-state index contributed by atoms with van der Waals surface area (Å²) in [6.07, 6.45) is 1.93. The van der Waals surface area contributed by atoms with Crippen molar-refractivity contribution in [2.45, 2.75) is 12.1 Å². The number of hydrogen-bond acceptors (Lipinski definition) is 4. The van der Waals surface area contributed by atoms with Gasteiger partial charge in [-0.05, 0) is 19.2 Å². The fourth-order valence-electron chi connectivity index (χ4n) is 1.68. The van der Waals surface area contributed by atoms with E-state index in [2.05, 4.69) is 5.32 Å². The molecular weight excluding hydrogens is 198 g/mol. The molecule has 1 aliphatic rings. The molecule has 2 rings (SSSR count). The molecule has 1 saturated heterocycles. The Morgan fingerprint density at radius 2 is 2.57 bits per heavy atom. The monoisotopic (exact) mass is 213 g/mol. The van der Waals surface area contributed by atoms with Crippen molar-refractivity contribution in [3.63, 3.8) is 0 Å². The molecule has 1 N–H and O–H groups in total. The van der Waals surface area contributed by atoms with E-state index in [4.69, 9.17) is 9.15 Å². The van der Waals surface area contributed by atoms with Crippen LogP contribution in [0.25, 0.3) is 0 Å². The maximum absolute atomic E-state index is 5.71. The van der Waals surface area contributed by atoms with Gasteiger partial charge in [-0.2, -0.15) is 11.8 Å². The molecule has 1 fully saturated rings. The number of nitrogens with one attached hydrogen (secondary N) is 1. The lowest BCUT2D eigenvalue weighted by molar-refractivity contribution is 0.0431. The number of thioether (sulfide) groups is 1. The minimum atomic E-state index is 0.179. The van der Waals surface area contributed by atoms with E-state index in [9.17, 15) is 0 Å². The average molecular weight is 213 g/mol. The Labute approximate surface area is 88.2 Å². The lowest BCUT2D eigenvalue weighted by Crippen LogP contribution is -2.36. The zero-order chi connectivity index (χ0) is 9.80. The van der Waals surface area contributed by atoms with Crippen molar-refractivity contribution in [2.24, 2.45) is 0 Å². The van der Waals surface area contributed by atoms with Gasteiger partial charge in [-0.25, -0.2) is 0 Å². The molecule has 0 amide bonds. The second-order valence-electron chi connectivity index (χ2n) is 3.27. The Hall–Kier alpha value is -0.450. The third kappa shape index (κ3) is 2.13. The third-order valence-electron chi connectivity index (χ3n) is 2.37. The molecular formula is C10H15NO2S. The summed E-state index contributed by atoms with van der Waals surface area (Å²) < 4.78 is 11.1. The van der Waals surface area contributed by atoms with Crippen LogP contribution in [0.1, 0.15) is 11.8 Å². The first kappa shape index (κ1) is 10.1. The van der Waals surface area contributed by atoms with Crippen LogP contribution >= 0.6 is 11.8 Å². The van der Waals surface area contributed by atoms with E-state index in [0.29, 0.717) is 0 Å². The largest absolute Gasteiger partial charge is 0.468 e. The molecule has 0 spiro atoms. The molecule has 0 bridgehead atoms. The van der Waals surface area contributed by atoms with Crippen molar-refractivity contribution < 1.29 is 9.15 Å². The van der Waals surface area contributed by atoms with Gasteiger partial charge in [0, 0.05) is 11.5 Å². The van der Waals surface area contributed by atoms with Crippen molar-refractivity contribution >= 4 is 11.8 Å². The zero-order valence-electron chi connectivity index (χ0n) is 8.23. The van der Waals surface area contributed by atoms with Gasteiger partial charge >= 0.3 is 0 Å². The summed E-state index contributed by atoms with van der Waals surface area (Å²) in [6, 6.07) is 4.08. The highest BCUT2D eigenvalue weighted by Gasteiger charge is 2.26. The van der Waals surface area contributed by atoms with E-state index in [1.807, 2.05) is 30.9 Å². The molecule has 3 nitrogen and oxygen atoms in total. The SMILES string of the molecule is CNC(c1ccco1)C1CSCCO1. The number of rotatable bonds is 3. The van der Waals surface area contributed by atoms with Crippen LogP contribution in [0.4, 0.5) is 0 Å². The van der Waals surface area contributed by atoms with Crippen molar-refractivity contribution in [3.05, 3.63) is 24.2 Å². The fourth-order valence-corrected chi connectivity index (χ4v) is 2.58.